The Morgan fingerprint density at radius 3 is 2.31 bits per heavy atom. The van der Waals surface area contributed by atoms with E-state index in [1.165, 1.54) is 18.4 Å². The highest BCUT2D eigenvalue weighted by Crippen LogP contribution is 2.59. The van der Waals surface area contributed by atoms with Gasteiger partial charge in [0.15, 0.2) is 0 Å². The summed E-state index contributed by atoms with van der Waals surface area (Å²) in [6, 6.07) is 22.1. The molecule has 2 saturated carbocycles. The highest BCUT2D eigenvalue weighted by atomic mass is 16.5. The number of nitrogens with zero attached hydrogens (tertiary/aromatic N) is 2. The van der Waals surface area contributed by atoms with Gasteiger partial charge < -0.3 is 14.7 Å². The molecule has 1 saturated heterocycles. The summed E-state index contributed by atoms with van der Waals surface area (Å²) < 4.78 is 5.38. The van der Waals surface area contributed by atoms with Gasteiger partial charge in [0.1, 0.15) is 5.69 Å². The summed E-state index contributed by atoms with van der Waals surface area (Å²) in [4.78, 5) is 28.0. The highest BCUT2D eigenvalue weighted by molar-refractivity contribution is 5.92. The number of hydrogen-bond donors (Lipinski definition) is 1. The zero-order valence-electron chi connectivity index (χ0n) is 20.6. The van der Waals surface area contributed by atoms with Crippen LogP contribution in [0.5, 0.6) is 0 Å². The second-order valence-electron chi connectivity index (χ2n) is 10.9. The lowest BCUT2D eigenvalue weighted by atomic mass is 9.78. The summed E-state index contributed by atoms with van der Waals surface area (Å²) in [7, 11) is 0. The maximum Gasteiger partial charge on any atom is 0.292 e. The Kier molecular flexibility index (Phi) is 5.90. The lowest BCUT2D eigenvalue weighted by Crippen LogP contribution is -2.42. The average molecular weight is 484 g/mol. The number of carbonyl (C=O) groups excluding carboxylic acids is 2. The molecule has 36 heavy (non-hydrogen) atoms. The van der Waals surface area contributed by atoms with Gasteiger partial charge >= 0.3 is 0 Å². The Morgan fingerprint density at radius 2 is 1.61 bits per heavy atom. The van der Waals surface area contributed by atoms with Crippen molar-refractivity contribution in [2.75, 3.05) is 19.6 Å². The van der Waals surface area contributed by atoms with Crippen LogP contribution in [0.25, 0.3) is 11.3 Å². The van der Waals surface area contributed by atoms with Crippen molar-refractivity contribution >= 4 is 11.8 Å². The fraction of sp³-hybridized carbons (Fsp3) is 0.433. The first-order chi connectivity index (χ1) is 17.6. The van der Waals surface area contributed by atoms with Crippen LogP contribution >= 0.6 is 0 Å². The average Bonchev–Trinajstić information content (AvgIpc) is 3.29. The number of nitrogens with one attached hydrogen (secondary N) is 1. The van der Waals surface area contributed by atoms with E-state index in [4.69, 9.17) is 4.52 Å². The molecule has 6 heteroatoms. The molecule has 2 aromatic carbocycles. The van der Waals surface area contributed by atoms with Crippen LogP contribution < -0.4 is 5.32 Å². The highest BCUT2D eigenvalue weighted by Gasteiger charge is 2.59. The molecule has 1 spiro atoms. The molecule has 6 nitrogen and oxygen atoms in total. The molecule has 1 aliphatic heterocycles. The molecule has 186 valence electrons. The third kappa shape index (κ3) is 4.23. The third-order valence-electron chi connectivity index (χ3n) is 8.89. The molecule has 0 bridgehead atoms. The number of amides is 2. The molecule has 1 N–H and O–H groups in total. The summed E-state index contributed by atoms with van der Waals surface area (Å²) >= 11 is 0. The number of aromatic nitrogens is 1. The predicted molar refractivity (Wildman–Crippen MR) is 137 cm³/mol. The molecular weight excluding hydrogens is 450 g/mol. The summed E-state index contributed by atoms with van der Waals surface area (Å²) in [5, 5.41) is 7.42. The molecule has 2 aliphatic carbocycles. The smallest absolute Gasteiger partial charge is 0.292 e. The minimum Gasteiger partial charge on any atom is -0.355 e. The monoisotopic (exact) mass is 483 g/mol. The molecule has 3 aliphatic rings. The van der Waals surface area contributed by atoms with Crippen molar-refractivity contribution in [3.05, 3.63) is 78.1 Å². The van der Waals surface area contributed by atoms with Gasteiger partial charge in [0.25, 0.3) is 5.91 Å². The van der Waals surface area contributed by atoms with Crippen LogP contribution in [0.4, 0.5) is 0 Å². The molecule has 2 heterocycles. The minimum absolute atomic E-state index is 0.0487. The van der Waals surface area contributed by atoms with Crippen LogP contribution in [-0.2, 0) is 10.2 Å². The first-order valence-electron chi connectivity index (χ1n) is 13.2. The normalized spacial score (nSPS) is 21.9. The summed E-state index contributed by atoms with van der Waals surface area (Å²) in [6.07, 6.45) is 7.37. The van der Waals surface area contributed by atoms with Gasteiger partial charge in [-0.2, -0.15) is 0 Å². The van der Waals surface area contributed by atoms with Crippen molar-refractivity contribution in [2.24, 2.45) is 11.3 Å². The van der Waals surface area contributed by atoms with E-state index in [0.29, 0.717) is 18.8 Å². The number of benzene rings is 2. The molecular formula is C30H33N3O3. The summed E-state index contributed by atoms with van der Waals surface area (Å²) in [5.74, 6) is 0.420. The van der Waals surface area contributed by atoms with Gasteiger partial charge in [-0.1, -0.05) is 78.7 Å². The number of hydrogen-bond acceptors (Lipinski definition) is 4. The standard InChI is InChI=1S/C30H33N3O3/c34-27(31-21-30(13-7-8-14-30)23-11-5-2-6-12-23)24-20-29(24)15-17-33(18-16-29)28(35)26-19-25(32-36-26)22-9-3-1-4-10-22/h1-6,9-12,19,24H,7-8,13-18,20-21H2,(H,31,34)/t24-/m1/s1. The molecule has 3 fully saturated rings. The van der Waals surface area contributed by atoms with Gasteiger partial charge in [-0.3, -0.25) is 9.59 Å². The van der Waals surface area contributed by atoms with E-state index in [0.717, 1.165) is 44.2 Å². The van der Waals surface area contributed by atoms with E-state index in [-0.39, 0.29) is 34.3 Å². The second kappa shape index (κ2) is 9.23. The van der Waals surface area contributed by atoms with Crippen LogP contribution in [0.15, 0.2) is 71.3 Å². The van der Waals surface area contributed by atoms with Crippen molar-refractivity contribution in [1.29, 1.82) is 0 Å². The van der Waals surface area contributed by atoms with Crippen LogP contribution in [0.3, 0.4) is 0 Å². The van der Waals surface area contributed by atoms with Gasteiger partial charge in [0.2, 0.25) is 11.7 Å². The fourth-order valence-electron chi connectivity index (χ4n) is 6.49. The van der Waals surface area contributed by atoms with Gasteiger partial charge in [-0.05, 0) is 43.1 Å². The van der Waals surface area contributed by atoms with Crippen LogP contribution in [0, 0.1) is 11.3 Å². The van der Waals surface area contributed by atoms with E-state index in [9.17, 15) is 9.59 Å². The molecule has 1 aromatic heterocycles. The van der Waals surface area contributed by atoms with Gasteiger partial charge in [-0.25, -0.2) is 0 Å². The maximum atomic E-state index is 13.2. The molecule has 6 rings (SSSR count). The Balaban J connectivity index is 1.03. The fourth-order valence-corrected chi connectivity index (χ4v) is 6.49. The van der Waals surface area contributed by atoms with Gasteiger partial charge in [0, 0.05) is 42.6 Å². The lowest BCUT2D eigenvalue weighted by Gasteiger charge is -2.33. The molecule has 1 atom stereocenters. The first-order valence-corrected chi connectivity index (χ1v) is 13.2. The van der Waals surface area contributed by atoms with Crippen molar-refractivity contribution < 1.29 is 14.1 Å². The number of carbonyl (C=O) groups is 2. The zero-order valence-corrected chi connectivity index (χ0v) is 20.6. The van der Waals surface area contributed by atoms with Crippen molar-refractivity contribution in [3.8, 4) is 11.3 Å². The number of rotatable bonds is 6. The SMILES string of the molecule is O=C(NCC1(c2ccccc2)CCCC1)[C@H]1CC12CCN(C(=O)c1cc(-c3ccccc3)no1)CC2. The Hall–Kier alpha value is -3.41. The van der Waals surface area contributed by atoms with Crippen LogP contribution in [0.1, 0.15) is 61.1 Å². The number of likely N-dealkylation sites (tertiary alicyclic amines) is 1. The van der Waals surface area contributed by atoms with E-state index >= 15 is 0 Å². The van der Waals surface area contributed by atoms with Crippen molar-refractivity contribution in [2.45, 2.75) is 50.4 Å². The van der Waals surface area contributed by atoms with E-state index in [1.807, 2.05) is 35.2 Å². The third-order valence-corrected chi connectivity index (χ3v) is 8.89. The molecule has 0 unspecified atom stereocenters. The Labute approximate surface area is 212 Å². The van der Waals surface area contributed by atoms with E-state index in [2.05, 4.69) is 40.8 Å². The van der Waals surface area contributed by atoms with Crippen LogP contribution in [0.2, 0.25) is 0 Å². The van der Waals surface area contributed by atoms with E-state index < -0.39 is 0 Å². The van der Waals surface area contributed by atoms with Gasteiger partial charge in [0.05, 0.1) is 0 Å². The first kappa shape index (κ1) is 23.0. The van der Waals surface area contributed by atoms with E-state index in [1.54, 1.807) is 6.07 Å². The summed E-state index contributed by atoms with van der Waals surface area (Å²) in [6.45, 7) is 2.03. The van der Waals surface area contributed by atoms with Gasteiger partial charge in [-0.15, -0.1) is 0 Å². The van der Waals surface area contributed by atoms with Crippen molar-refractivity contribution in [1.82, 2.24) is 15.4 Å². The topological polar surface area (TPSA) is 75.4 Å². The second-order valence-corrected chi connectivity index (χ2v) is 10.9. The largest absolute Gasteiger partial charge is 0.355 e. The zero-order chi connectivity index (χ0) is 24.6. The quantitative estimate of drug-likeness (QED) is 0.522. The molecule has 2 amide bonds. The Bertz CT molecular complexity index is 1220. The molecule has 0 radical (unpaired) electrons. The maximum absolute atomic E-state index is 13.2. The van der Waals surface area contributed by atoms with Crippen LogP contribution in [-0.4, -0.2) is 41.5 Å². The lowest BCUT2D eigenvalue weighted by molar-refractivity contribution is -0.123. The Morgan fingerprint density at radius 1 is 0.944 bits per heavy atom. The molecule has 3 aromatic rings. The number of piperidine rings is 1. The minimum atomic E-state index is -0.118. The predicted octanol–water partition coefficient (Wildman–Crippen LogP) is 5.21. The van der Waals surface area contributed by atoms with Crippen molar-refractivity contribution in [3.63, 3.8) is 0 Å². The summed E-state index contributed by atoms with van der Waals surface area (Å²) in [5.41, 5.74) is 3.07.